The van der Waals surface area contributed by atoms with Crippen LogP contribution < -0.4 is 4.72 Å². The van der Waals surface area contributed by atoms with Crippen LogP contribution in [0.25, 0.3) is 0 Å². The zero-order valence-electron chi connectivity index (χ0n) is 6.99. The average Bonchev–Trinajstić information content (AvgIpc) is 2.04. The first-order valence-corrected chi connectivity index (χ1v) is 5.16. The Labute approximate surface area is 75.9 Å². The zero-order valence-corrected chi connectivity index (χ0v) is 7.81. The van der Waals surface area contributed by atoms with Gasteiger partial charge in [-0.05, 0) is 12.1 Å². The Morgan fingerprint density at radius 1 is 1.62 bits per heavy atom. The molecule has 0 fully saturated rings. The first kappa shape index (κ1) is 10.1. The van der Waals surface area contributed by atoms with Gasteiger partial charge in [0.25, 0.3) is 0 Å². The summed E-state index contributed by atoms with van der Waals surface area (Å²) in [7, 11) is -3.73. The molecule has 0 atom stereocenters. The Balaban J connectivity index is 3.15. The van der Waals surface area contributed by atoms with Crippen LogP contribution in [0.1, 0.15) is 6.92 Å². The van der Waals surface area contributed by atoms with Gasteiger partial charge in [0.15, 0.2) is 0 Å². The number of pyridine rings is 1. The van der Waals surface area contributed by atoms with Crippen LogP contribution in [0.15, 0.2) is 23.2 Å². The van der Waals surface area contributed by atoms with Gasteiger partial charge in [0.05, 0.1) is 0 Å². The number of nitrogens with zero attached hydrogens (tertiary/aromatic N) is 1. The topological polar surface area (TPSA) is 59.1 Å². The molecule has 1 aromatic rings. The first-order chi connectivity index (χ1) is 6.08. The molecule has 1 heterocycles. The average molecular weight is 204 g/mol. The van der Waals surface area contributed by atoms with Crippen LogP contribution in [0, 0.1) is 5.95 Å². The minimum atomic E-state index is -3.73. The van der Waals surface area contributed by atoms with E-state index in [0.29, 0.717) is 0 Å². The third-order valence-electron chi connectivity index (χ3n) is 1.35. The van der Waals surface area contributed by atoms with Crippen LogP contribution in [0.4, 0.5) is 4.39 Å². The van der Waals surface area contributed by atoms with Crippen molar-refractivity contribution in [2.45, 2.75) is 11.8 Å². The summed E-state index contributed by atoms with van der Waals surface area (Å²) in [4.78, 5) is 2.82. The van der Waals surface area contributed by atoms with Crippen molar-refractivity contribution < 1.29 is 12.8 Å². The molecule has 0 saturated carbocycles. The molecule has 0 spiro atoms. The minimum absolute atomic E-state index is 0.219. The van der Waals surface area contributed by atoms with Gasteiger partial charge in [0.1, 0.15) is 4.90 Å². The van der Waals surface area contributed by atoms with Crippen LogP contribution in [0.3, 0.4) is 0 Å². The minimum Gasteiger partial charge on any atom is -0.227 e. The molecule has 0 aromatic carbocycles. The van der Waals surface area contributed by atoms with Gasteiger partial charge in [-0.3, -0.25) is 0 Å². The van der Waals surface area contributed by atoms with Gasteiger partial charge in [0, 0.05) is 12.7 Å². The van der Waals surface area contributed by atoms with Crippen molar-refractivity contribution in [1.29, 1.82) is 0 Å². The monoisotopic (exact) mass is 204 g/mol. The second kappa shape index (κ2) is 3.80. The van der Waals surface area contributed by atoms with Gasteiger partial charge < -0.3 is 0 Å². The molecular weight excluding hydrogens is 195 g/mol. The molecule has 13 heavy (non-hydrogen) atoms. The smallest absolute Gasteiger partial charge is 0.227 e. The highest BCUT2D eigenvalue weighted by atomic mass is 32.2. The van der Waals surface area contributed by atoms with Crippen LogP contribution in [-0.4, -0.2) is 19.9 Å². The summed E-state index contributed by atoms with van der Waals surface area (Å²) in [5, 5.41) is 0. The normalized spacial score (nSPS) is 11.5. The molecule has 1 N–H and O–H groups in total. The van der Waals surface area contributed by atoms with Crippen molar-refractivity contribution in [3.8, 4) is 0 Å². The van der Waals surface area contributed by atoms with Crippen molar-refractivity contribution in [2.24, 2.45) is 0 Å². The van der Waals surface area contributed by atoms with Gasteiger partial charge in [0.2, 0.25) is 16.0 Å². The molecule has 0 radical (unpaired) electrons. The van der Waals surface area contributed by atoms with Gasteiger partial charge >= 0.3 is 0 Å². The van der Waals surface area contributed by atoms with Gasteiger partial charge in [-0.2, -0.15) is 4.39 Å². The van der Waals surface area contributed by atoms with E-state index in [0.717, 1.165) is 0 Å². The van der Waals surface area contributed by atoms with Crippen molar-refractivity contribution in [3.63, 3.8) is 0 Å². The molecule has 0 aliphatic carbocycles. The van der Waals surface area contributed by atoms with E-state index in [1.165, 1.54) is 18.3 Å². The SMILES string of the molecule is CCNS(=O)(=O)c1cccnc1F. The van der Waals surface area contributed by atoms with Gasteiger partial charge in [-0.15, -0.1) is 0 Å². The van der Waals surface area contributed by atoms with E-state index in [9.17, 15) is 12.8 Å². The number of halogens is 1. The Morgan fingerprint density at radius 2 is 2.31 bits per heavy atom. The predicted molar refractivity (Wildman–Crippen MR) is 45.1 cm³/mol. The summed E-state index contributed by atoms with van der Waals surface area (Å²) >= 11 is 0. The largest absolute Gasteiger partial charge is 0.245 e. The second-order valence-corrected chi connectivity index (χ2v) is 4.03. The van der Waals surface area contributed by atoms with E-state index >= 15 is 0 Å². The fourth-order valence-electron chi connectivity index (χ4n) is 0.840. The van der Waals surface area contributed by atoms with Gasteiger partial charge in [-0.1, -0.05) is 6.92 Å². The van der Waals surface area contributed by atoms with E-state index in [1.54, 1.807) is 6.92 Å². The summed E-state index contributed by atoms with van der Waals surface area (Å²) < 4.78 is 37.6. The van der Waals surface area contributed by atoms with E-state index < -0.39 is 20.9 Å². The fourth-order valence-corrected chi connectivity index (χ4v) is 1.91. The van der Waals surface area contributed by atoms with Crippen molar-refractivity contribution >= 4 is 10.0 Å². The molecule has 0 aliphatic rings. The Bertz CT molecular complexity index is 391. The fraction of sp³-hybridized carbons (Fsp3) is 0.286. The second-order valence-electron chi connectivity index (χ2n) is 2.29. The Morgan fingerprint density at radius 3 is 2.85 bits per heavy atom. The lowest BCUT2D eigenvalue weighted by molar-refractivity contribution is 0.534. The molecule has 72 valence electrons. The lowest BCUT2D eigenvalue weighted by Gasteiger charge is -2.03. The number of nitrogens with one attached hydrogen (secondary N) is 1. The molecule has 0 amide bonds. The summed E-state index contributed by atoms with van der Waals surface area (Å²) in [5.74, 6) is -0.983. The van der Waals surface area contributed by atoms with Crippen LogP contribution in [-0.2, 0) is 10.0 Å². The zero-order chi connectivity index (χ0) is 9.90. The highest BCUT2D eigenvalue weighted by Crippen LogP contribution is 2.09. The van der Waals surface area contributed by atoms with E-state index in [1.807, 2.05) is 0 Å². The molecule has 1 rings (SSSR count). The molecule has 4 nitrogen and oxygen atoms in total. The van der Waals surface area contributed by atoms with Crippen molar-refractivity contribution in [3.05, 3.63) is 24.3 Å². The number of hydrogen-bond acceptors (Lipinski definition) is 3. The van der Waals surface area contributed by atoms with Crippen LogP contribution >= 0.6 is 0 Å². The lowest BCUT2D eigenvalue weighted by Crippen LogP contribution is -2.24. The molecule has 6 heteroatoms. The van der Waals surface area contributed by atoms with Crippen LogP contribution in [0.2, 0.25) is 0 Å². The third kappa shape index (κ3) is 2.22. The maximum Gasteiger partial charge on any atom is 0.245 e. The van der Waals surface area contributed by atoms with E-state index in [-0.39, 0.29) is 6.54 Å². The number of hydrogen-bond donors (Lipinski definition) is 1. The molecule has 0 saturated heterocycles. The lowest BCUT2D eigenvalue weighted by atomic mass is 10.5. The summed E-state index contributed by atoms with van der Waals surface area (Å²) in [6.07, 6.45) is 1.19. The van der Waals surface area contributed by atoms with E-state index in [2.05, 4.69) is 9.71 Å². The standard InChI is InChI=1S/C7H9FN2O2S/c1-2-10-13(11,12)6-4-3-5-9-7(6)8/h3-5,10H,2H2,1H3. The Hall–Kier alpha value is -1.01. The highest BCUT2D eigenvalue weighted by molar-refractivity contribution is 7.89. The molecular formula is C7H9FN2O2S. The summed E-state index contributed by atoms with van der Waals surface area (Å²) in [6.45, 7) is 1.84. The number of rotatable bonds is 3. The van der Waals surface area contributed by atoms with Gasteiger partial charge in [-0.25, -0.2) is 18.1 Å². The molecule has 0 bridgehead atoms. The maximum absolute atomic E-state index is 12.9. The quantitative estimate of drug-likeness (QED) is 0.730. The van der Waals surface area contributed by atoms with Crippen LogP contribution in [0.5, 0.6) is 0 Å². The van der Waals surface area contributed by atoms with Crippen molar-refractivity contribution in [1.82, 2.24) is 9.71 Å². The maximum atomic E-state index is 12.9. The highest BCUT2D eigenvalue weighted by Gasteiger charge is 2.17. The molecule has 1 aromatic heterocycles. The predicted octanol–water partition coefficient (Wildman–Crippen LogP) is 0.519. The van der Waals surface area contributed by atoms with Crippen molar-refractivity contribution in [2.75, 3.05) is 6.54 Å². The number of aromatic nitrogens is 1. The summed E-state index contributed by atoms with van der Waals surface area (Å²) in [5.41, 5.74) is 0. The third-order valence-corrected chi connectivity index (χ3v) is 2.90. The summed E-state index contributed by atoms with van der Waals surface area (Å²) in [6, 6.07) is 2.54. The molecule has 0 aliphatic heterocycles. The Kier molecular flexibility index (Phi) is 2.94. The van der Waals surface area contributed by atoms with E-state index in [4.69, 9.17) is 0 Å². The number of sulfonamides is 1. The first-order valence-electron chi connectivity index (χ1n) is 3.68. The molecule has 0 unspecified atom stereocenters.